The monoisotopic (exact) mass is 221 g/mol. The fourth-order valence-electron chi connectivity index (χ4n) is 1.91. The molecule has 0 aliphatic carbocycles. The van der Waals surface area contributed by atoms with Gasteiger partial charge in [0, 0.05) is 0 Å². The number of imidazole rings is 1. The smallest absolute Gasteiger partial charge is 0.165 e. The molecule has 1 fully saturated rings. The fourth-order valence-corrected chi connectivity index (χ4v) is 1.91. The Labute approximate surface area is 91.1 Å². The average molecular weight is 221 g/mol. The maximum atomic E-state index is 8.77. The first-order chi connectivity index (χ1) is 7.88. The van der Waals surface area contributed by atoms with E-state index in [9.17, 15) is 0 Å². The van der Waals surface area contributed by atoms with Crippen LogP contribution in [0.2, 0.25) is 0 Å². The van der Waals surface area contributed by atoms with Crippen molar-refractivity contribution in [3.05, 3.63) is 18.9 Å². The summed E-state index contributed by atoms with van der Waals surface area (Å²) in [7, 11) is 0. The Kier molecular flexibility index (Phi) is 2.28. The number of ether oxygens (including phenoxy) is 1. The molecule has 0 amide bonds. The minimum Gasteiger partial charge on any atom is -0.338 e. The molecule has 2 unspecified atom stereocenters. The maximum Gasteiger partial charge on any atom is 0.165 e. The number of fused-ring (bicyclic) bond motifs is 1. The molecule has 1 aliphatic rings. The molecule has 1 aliphatic heterocycles. The Balaban J connectivity index is 1.95. The molecule has 3 rings (SSSR count). The van der Waals surface area contributed by atoms with E-state index in [0.29, 0.717) is 0 Å². The van der Waals surface area contributed by atoms with Crippen LogP contribution in [0.4, 0.5) is 0 Å². The molecule has 2 atom stereocenters. The van der Waals surface area contributed by atoms with Crippen LogP contribution in [0.3, 0.4) is 0 Å². The van der Waals surface area contributed by atoms with Crippen molar-refractivity contribution < 1.29 is 9.94 Å². The van der Waals surface area contributed by atoms with Crippen molar-refractivity contribution in [3.63, 3.8) is 0 Å². The molecular weight excluding hydrogens is 210 g/mol. The van der Waals surface area contributed by atoms with Crippen molar-refractivity contribution in [2.45, 2.75) is 25.3 Å². The molecule has 84 valence electrons. The molecule has 0 bridgehead atoms. The van der Waals surface area contributed by atoms with Crippen molar-refractivity contribution in [3.8, 4) is 0 Å². The van der Waals surface area contributed by atoms with E-state index >= 15 is 0 Å². The Morgan fingerprint density at radius 3 is 3.19 bits per heavy atom. The van der Waals surface area contributed by atoms with Crippen molar-refractivity contribution in [2.24, 2.45) is 0 Å². The lowest BCUT2D eigenvalue weighted by molar-refractivity contribution is -0.0697. The van der Waals surface area contributed by atoms with Gasteiger partial charge in [-0.2, -0.15) is 5.48 Å². The molecule has 2 N–H and O–H groups in total. The summed E-state index contributed by atoms with van der Waals surface area (Å²) in [4.78, 5) is 12.3. The minimum atomic E-state index is -0.315. The van der Waals surface area contributed by atoms with Crippen LogP contribution in [-0.2, 0) is 4.74 Å². The third-order valence-electron chi connectivity index (χ3n) is 2.69. The van der Waals surface area contributed by atoms with Gasteiger partial charge in [0.05, 0.1) is 12.5 Å². The van der Waals surface area contributed by atoms with E-state index < -0.39 is 0 Å². The predicted octanol–water partition coefficient (Wildman–Crippen LogP) is 0.440. The van der Waals surface area contributed by atoms with Gasteiger partial charge in [0.1, 0.15) is 24.3 Å². The Morgan fingerprint density at radius 2 is 2.38 bits per heavy atom. The number of rotatable bonds is 2. The number of hydrogen-bond donors (Lipinski definition) is 2. The van der Waals surface area contributed by atoms with E-state index in [-0.39, 0.29) is 12.5 Å². The van der Waals surface area contributed by atoms with Crippen LogP contribution < -0.4 is 5.48 Å². The number of hydroxylamine groups is 1. The van der Waals surface area contributed by atoms with Gasteiger partial charge in [0.2, 0.25) is 0 Å². The van der Waals surface area contributed by atoms with Crippen LogP contribution in [0.25, 0.3) is 11.2 Å². The summed E-state index contributed by atoms with van der Waals surface area (Å²) in [6, 6.07) is 0. The minimum absolute atomic E-state index is 0.135. The summed E-state index contributed by atoms with van der Waals surface area (Å²) in [5.41, 5.74) is 3.61. The fraction of sp³-hybridized carbons (Fsp3) is 0.444. The van der Waals surface area contributed by atoms with Gasteiger partial charge in [0.15, 0.2) is 5.65 Å². The standard InChI is InChI=1S/C9H11N5O2/c15-13-7-1-2-8(16-7)14-5-12-6-3-10-4-11-9(6)14/h3-5,7-8,13,15H,1-2H2. The quantitative estimate of drug-likeness (QED) is 0.716. The van der Waals surface area contributed by atoms with E-state index in [1.807, 2.05) is 4.57 Å². The topological polar surface area (TPSA) is 85.1 Å². The Morgan fingerprint density at radius 1 is 1.44 bits per heavy atom. The van der Waals surface area contributed by atoms with Crippen LogP contribution in [0.5, 0.6) is 0 Å². The van der Waals surface area contributed by atoms with Crippen molar-refractivity contribution in [1.29, 1.82) is 0 Å². The predicted molar refractivity (Wildman–Crippen MR) is 53.4 cm³/mol. The summed E-state index contributed by atoms with van der Waals surface area (Å²) < 4.78 is 7.42. The van der Waals surface area contributed by atoms with Crippen molar-refractivity contribution in [2.75, 3.05) is 0 Å². The SMILES string of the molecule is ONC1CCC(n2cnc3cncnc32)O1. The summed E-state index contributed by atoms with van der Waals surface area (Å²) in [5, 5.41) is 8.77. The van der Waals surface area contributed by atoms with Crippen LogP contribution in [-0.4, -0.2) is 31.0 Å². The van der Waals surface area contributed by atoms with Gasteiger partial charge in [-0.1, -0.05) is 0 Å². The molecule has 7 nitrogen and oxygen atoms in total. The zero-order chi connectivity index (χ0) is 11.0. The highest BCUT2D eigenvalue weighted by atomic mass is 16.6. The maximum absolute atomic E-state index is 8.77. The molecule has 0 spiro atoms. The van der Waals surface area contributed by atoms with Gasteiger partial charge >= 0.3 is 0 Å². The van der Waals surface area contributed by atoms with E-state index in [1.54, 1.807) is 12.5 Å². The highest BCUT2D eigenvalue weighted by Crippen LogP contribution is 2.28. The number of aromatic nitrogens is 4. The molecule has 0 radical (unpaired) electrons. The summed E-state index contributed by atoms with van der Waals surface area (Å²) in [5.74, 6) is 0. The van der Waals surface area contributed by atoms with E-state index in [0.717, 1.165) is 24.0 Å². The Hall–Kier alpha value is -1.57. The van der Waals surface area contributed by atoms with Crippen LogP contribution >= 0.6 is 0 Å². The van der Waals surface area contributed by atoms with Gasteiger partial charge in [-0.15, -0.1) is 0 Å². The largest absolute Gasteiger partial charge is 0.338 e. The zero-order valence-corrected chi connectivity index (χ0v) is 8.45. The summed E-state index contributed by atoms with van der Waals surface area (Å²) in [6.07, 6.45) is 5.95. The second-order valence-corrected chi connectivity index (χ2v) is 3.67. The highest BCUT2D eigenvalue weighted by Gasteiger charge is 2.27. The van der Waals surface area contributed by atoms with Gasteiger partial charge in [-0.3, -0.25) is 4.57 Å². The average Bonchev–Trinajstić information content (AvgIpc) is 2.94. The molecule has 16 heavy (non-hydrogen) atoms. The van der Waals surface area contributed by atoms with E-state index in [4.69, 9.17) is 9.94 Å². The summed E-state index contributed by atoms with van der Waals surface area (Å²) in [6.45, 7) is 0. The zero-order valence-electron chi connectivity index (χ0n) is 8.45. The molecule has 3 heterocycles. The first-order valence-electron chi connectivity index (χ1n) is 5.06. The molecular formula is C9H11N5O2. The molecule has 1 saturated heterocycles. The molecule has 2 aromatic heterocycles. The van der Waals surface area contributed by atoms with E-state index in [2.05, 4.69) is 20.4 Å². The first kappa shape index (κ1) is 9.64. The van der Waals surface area contributed by atoms with Crippen molar-refractivity contribution >= 4 is 11.2 Å². The second kappa shape index (κ2) is 3.78. The normalized spacial score (nSPS) is 25.3. The van der Waals surface area contributed by atoms with Crippen LogP contribution in [0.15, 0.2) is 18.9 Å². The number of nitrogens with zero attached hydrogens (tertiary/aromatic N) is 4. The molecule has 0 saturated carbocycles. The molecule has 0 aromatic carbocycles. The first-order valence-corrected chi connectivity index (χ1v) is 5.06. The third kappa shape index (κ3) is 1.45. The van der Waals surface area contributed by atoms with Gasteiger partial charge in [0.25, 0.3) is 0 Å². The van der Waals surface area contributed by atoms with Gasteiger partial charge < -0.3 is 9.94 Å². The number of nitrogens with one attached hydrogen (secondary N) is 1. The lowest BCUT2D eigenvalue weighted by atomic mass is 10.3. The number of hydrogen-bond acceptors (Lipinski definition) is 6. The van der Waals surface area contributed by atoms with Gasteiger partial charge in [-0.25, -0.2) is 15.0 Å². The molecule has 2 aromatic rings. The van der Waals surface area contributed by atoms with Crippen molar-refractivity contribution in [1.82, 2.24) is 25.0 Å². The van der Waals surface area contributed by atoms with E-state index in [1.165, 1.54) is 6.33 Å². The van der Waals surface area contributed by atoms with Gasteiger partial charge in [-0.05, 0) is 12.8 Å². The highest BCUT2D eigenvalue weighted by molar-refractivity contribution is 5.68. The lowest BCUT2D eigenvalue weighted by Crippen LogP contribution is -2.25. The Bertz CT molecular complexity index is 499. The van der Waals surface area contributed by atoms with Crippen LogP contribution in [0, 0.1) is 0 Å². The lowest BCUT2D eigenvalue weighted by Gasteiger charge is -2.13. The van der Waals surface area contributed by atoms with Crippen LogP contribution in [0.1, 0.15) is 19.1 Å². The second-order valence-electron chi connectivity index (χ2n) is 3.67. The third-order valence-corrected chi connectivity index (χ3v) is 2.69. The summed E-state index contributed by atoms with van der Waals surface area (Å²) >= 11 is 0. The molecule has 7 heteroatoms.